The summed E-state index contributed by atoms with van der Waals surface area (Å²) in [5, 5.41) is 19.2. The molecule has 184 valence electrons. The lowest BCUT2D eigenvalue weighted by Gasteiger charge is -2.35. The highest BCUT2D eigenvalue weighted by Gasteiger charge is 2.47. The Morgan fingerprint density at radius 2 is 1.97 bits per heavy atom. The van der Waals surface area contributed by atoms with Crippen LogP contribution in [0.3, 0.4) is 0 Å². The van der Waals surface area contributed by atoms with Gasteiger partial charge in [0.2, 0.25) is 5.91 Å². The topological polar surface area (TPSA) is 116 Å². The molecule has 3 aliphatic rings. The Kier molecular flexibility index (Phi) is 5.79. The van der Waals surface area contributed by atoms with Crippen molar-refractivity contribution < 1.29 is 19.4 Å². The zero-order valence-electron chi connectivity index (χ0n) is 19.5. The lowest BCUT2D eigenvalue weighted by molar-refractivity contribution is -0.122. The highest BCUT2D eigenvalue weighted by molar-refractivity contribution is 8.01. The highest BCUT2D eigenvalue weighted by Crippen LogP contribution is 2.51. The highest BCUT2D eigenvalue weighted by atomic mass is 32.2. The Balaban J connectivity index is 1.28. The number of aliphatic hydroxyl groups excluding tert-OH is 1. The fourth-order valence-corrected chi connectivity index (χ4v) is 6.14. The van der Waals surface area contributed by atoms with Gasteiger partial charge in [-0.15, -0.1) is 0 Å². The van der Waals surface area contributed by atoms with E-state index in [4.69, 9.17) is 4.74 Å². The number of ether oxygens (including phenoxy) is 1. The average molecular weight is 504 g/mol. The van der Waals surface area contributed by atoms with E-state index in [0.717, 1.165) is 27.6 Å². The number of hydrogen-bond acceptors (Lipinski definition) is 7. The smallest absolute Gasteiger partial charge is 0.327 e. The van der Waals surface area contributed by atoms with Crippen molar-refractivity contribution in [3.05, 3.63) is 71.9 Å². The quantitative estimate of drug-likeness (QED) is 0.423. The fourth-order valence-electron chi connectivity index (χ4n) is 4.91. The van der Waals surface area contributed by atoms with E-state index in [9.17, 15) is 14.7 Å². The van der Waals surface area contributed by atoms with Gasteiger partial charge in [0.05, 0.1) is 29.6 Å². The summed E-state index contributed by atoms with van der Waals surface area (Å²) in [7, 11) is 0. The molecule has 0 radical (unpaired) electrons. The number of aryl methyl sites for hydroxylation is 1. The second kappa shape index (κ2) is 9.12. The van der Waals surface area contributed by atoms with Gasteiger partial charge in [0.15, 0.2) is 0 Å². The van der Waals surface area contributed by atoms with Crippen LogP contribution in [0.4, 0.5) is 16.2 Å². The molecular formula is C26H25N5O4S. The second-order valence-electron chi connectivity index (χ2n) is 9.05. The van der Waals surface area contributed by atoms with Crippen LogP contribution in [-0.2, 0) is 4.79 Å². The molecule has 1 saturated heterocycles. The molecule has 0 spiro atoms. The Morgan fingerprint density at radius 3 is 2.72 bits per heavy atom. The Labute approximate surface area is 212 Å². The van der Waals surface area contributed by atoms with Crippen LogP contribution in [0, 0.1) is 6.92 Å². The van der Waals surface area contributed by atoms with Crippen molar-refractivity contribution in [1.82, 2.24) is 20.9 Å². The SMILES string of the molecule is Cc1cc(Oc2ccccc2)ccc1N1C(=O)NC2c3c1ccnc3SC2C(=O)N[C@H]1CNC[C@H]1O. The minimum Gasteiger partial charge on any atom is -0.457 e. The van der Waals surface area contributed by atoms with Crippen molar-refractivity contribution in [1.29, 1.82) is 0 Å². The number of para-hydroxylation sites is 1. The minimum absolute atomic E-state index is 0.228. The van der Waals surface area contributed by atoms with Crippen molar-refractivity contribution in [2.24, 2.45) is 0 Å². The molecule has 1 fully saturated rings. The number of urea groups is 1. The molecule has 0 saturated carbocycles. The van der Waals surface area contributed by atoms with E-state index in [0.29, 0.717) is 24.5 Å². The molecule has 3 amide bonds. The molecule has 4 N–H and O–H groups in total. The number of benzene rings is 2. The van der Waals surface area contributed by atoms with Crippen LogP contribution in [0.15, 0.2) is 65.8 Å². The first-order valence-corrected chi connectivity index (χ1v) is 12.7. The Bertz CT molecular complexity index is 1340. The largest absolute Gasteiger partial charge is 0.457 e. The van der Waals surface area contributed by atoms with Crippen molar-refractivity contribution in [3.8, 4) is 11.5 Å². The van der Waals surface area contributed by atoms with E-state index in [1.54, 1.807) is 11.1 Å². The van der Waals surface area contributed by atoms with Gasteiger partial charge in [0.1, 0.15) is 21.8 Å². The van der Waals surface area contributed by atoms with Gasteiger partial charge in [0.25, 0.3) is 0 Å². The number of hydrogen-bond donors (Lipinski definition) is 4. The third-order valence-corrected chi connectivity index (χ3v) is 7.95. The van der Waals surface area contributed by atoms with Crippen LogP contribution in [0.5, 0.6) is 11.5 Å². The zero-order valence-corrected chi connectivity index (χ0v) is 20.3. The van der Waals surface area contributed by atoms with Gasteiger partial charge in [0, 0.05) is 24.8 Å². The van der Waals surface area contributed by atoms with E-state index in [2.05, 4.69) is 20.9 Å². The fraction of sp³-hybridized carbons (Fsp3) is 0.269. The van der Waals surface area contributed by atoms with Crippen molar-refractivity contribution in [2.45, 2.75) is 35.4 Å². The summed E-state index contributed by atoms with van der Waals surface area (Å²) < 4.78 is 5.95. The summed E-state index contributed by atoms with van der Waals surface area (Å²) >= 11 is 1.34. The van der Waals surface area contributed by atoms with Crippen LogP contribution < -0.4 is 25.6 Å². The normalized spacial score (nSPS) is 24.3. The number of nitrogens with one attached hydrogen (secondary N) is 3. The maximum absolute atomic E-state index is 13.4. The maximum Gasteiger partial charge on any atom is 0.327 e. The predicted octanol–water partition coefficient (Wildman–Crippen LogP) is 3.01. The number of rotatable bonds is 5. The van der Waals surface area contributed by atoms with E-state index >= 15 is 0 Å². The molecule has 10 heteroatoms. The maximum atomic E-state index is 13.4. The molecule has 3 aromatic rings. The number of pyridine rings is 1. The molecule has 2 aromatic carbocycles. The summed E-state index contributed by atoms with van der Waals surface area (Å²) in [6, 6.07) is 15.7. The molecule has 1 aromatic heterocycles. The third kappa shape index (κ3) is 3.97. The number of nitrogens with zero attached hydrogens (tertiary/aromatic N) is 2. The lowest BCUT2D eigenvalue weighted by Crippen LogP contribution is -2.51. The number of thioether (sulfide) groups is 1. The number of anilines is 2. The monoisotopic (exact) mass is 503 g/mol. The van der Waals surface area contributed by atoms with Gasteiger partial charge in [-0.3, -0.25) is 9.69 Å². The van der Waals surface area contributed by atoms with E-state index in [-0.39, 0.29) is 18.0 Å². The first kappa shape index (κ1) is 22.8. The number of aliphatic hydroxyl groups is 1. The van der Waals surface area contributed by atoms with Crippen molar-refractivity contribution >= 4 is 35.1 Å². The number of β-amino-alcohol motifs (C(OH)–C–C–N with tert-alkyl or cyclic N) is 1. The first-order chi connectivity index (χ1) is 17.5. The summed E-state index contributed by atoms with van der Waals surface area (Å²) in [4.78, 5) is 32.7. The minimum atomic E-state index is -0.635. The molecule has 3 aliphatic heterocycles. The van der Waals surface area contributed by atoms with E-state index in [1.165, 1.54) is 11.8 Å². The lowest BCUT2D eigenvalue weighted by atomic mass is 9.99. The molecule has 0 aliphatic carbocycles. The Hall–Kier alpha value is -3.60. The van der Waals surface area contributed by atoms with Crippen molar-refractivity contribution in [3.63, 3.8) is 0 Å². The predicted molar refractivity (Wildman–Crippen MR) is 136 cm³/mol. The third-order valence-electron chi connectivity index (χ3n) is 6.66. The van der Waals surface area contributed by atoms with Gasteiger partial charge in [-0.05, 0) is 48.9 Å². The summed E-state index contributed by atoms with van der Waals surface area (Å²) in [6.45, 7) is 2.88. The van der Waals surface area contributed by atoms with Gasteiger partial charge in [-0.1, -0.05) is 30.0 Å². The van der Waals surface area contributed by atoms with Crippen LogP contribution in [0.25, 0.3) is 0 Å². The second-order valence-corrected chi connectivity index (χ2v) is 10.2. The standard InChI is InChI=1S/C26H25N5O4S/c1-14-11-16(35-15-5-3-2-4-6-15)7-8-18(14)31-19-9-10-28-25-21(19)22(30-26(31)34)23(36-25)24(33)29-17-12-27-13-20(17)32/h2-11,17,20,22-23,27,32H,12-13H2,1H3,(H,29,33)(H,30,34)/t17-,20+,22?,23?/m0/s1. The van der Waals surface area contributed by atoms with Gasteiger partial charge in [-0.2, -0.15) is 0 Å². The van der Waals surface area contributed by atoms with E-state index < -0.39 is 17.4 Å². The van der Waals surface area contributed by atoms with Gasteiger partial charge >= 0.3 is 6.03 Å². The summed E-state index contributed by atoms with van der Waals surface area (Å²) in [6.07, 6.45) is 1.03. The zero-order chi connectivity index (χ0) is 24.8. The summed E-state index contributed by atoms with van der Waals surface area (Å²) in [5.74, 6) is 1.18. The number of aromatic nitrogens is 1. The number of carbonyl (C=O) groups excluding carboxylic acids is 2. The molecule has 0 bridgehead atoms. The molecule has 36 heavy (non-hydrogen) atoms. The van der Waals surface area contributed by atoms with Crippen LogP contribution >= 0.6 is 11.8 Å². The molecule has 9 nitrogen and oxygen atoms in total. The van der Waals surface area contributed by atoms with Crippen molar-refractivity contribution in [2.75, 3.05) is 18.0 Å². The van der Waals surface area contributed by atoms with Crippen LogP contribution in [-0.4, -0.2) is 52.5 Å². The van der Waals surface area contributed by atoms with Gasteiger partial charge in [-0.25, -0.2) is 9.78 Å². The van der Waals surface area contributed by atoms with Crippen LogP contribution in [0.1, 0.15) is 17.2 Å². The Morgan fingerprint density at radius 1 is 1.14 bits per heavy atom. The molecular weight excluding hydrogens is 478 g/mol. The average Bonchev–Trinajstić information content (AvgIpc) is 3.45. The van der Waals surface area contributed by atoms with Gasteiger partial charge < -0.3 is 25.8 Å². The summed E-state index contributed by atoms with van der Waals surface area (Å²) in [5.41, 5.74) is 3.12. The van der Waals surface area contributed by atoms with Crippen LogP contribution in [0.2, 0.25) is 0 Å². The molecule has 6 rings (SSSR count). The molecule has 4 heterocycles. The number of amides is 3. The number of carbonyl (C=O) groups is 2. The van der Waals surface area contributed by atoms with E-state index in [1.807, 2.05) is 61.5 Å². The molecule has 4 atom stereocenters. The first-order valence-electron chi connectivity index (χ1n) is 11.8. The molecule has 2 unspecified atom stereocenters.